The van der Waals surface area contributed by atoms with Crippen LogP contribution in [0.2, 0.25) is 0 Å². The third-order valence-corrected chi connectivity index (χ3v) is 7.46. The highest BCUT2D eigenvalue weighted by Crippen LogP contribution is 2.33. The number of piperazine rings is 1. The van der Waals surface area contributed by atoms with Gasteiger partial charge in [-0.2, -0.15) is 0 Å². The summed E-state index contributed by atoms with van der Waals surface area (Å²) < 4.78 is 27.2. The highest BCUT2D eigenvalue weighted by Gasteiger charge is 2.26. The van der Waals surface area contributed by atoms with Gasteiger partial charge >= 0.3 is 0 Å². The average Bonchev–Trinajstić information content (AvgIpc) is 3.58. The zero-order chi connectivity index (χ0) is 23.1. The van der Waals surface area contributed by atoms with E-state index >= 15 is 0 Å². The third kappa shape index (κ3) is 3.93. The summed E-state index contributed by atoms with van der Waals surface area (Å²) in [7, 11) is 0. The molecule has 2 aromatic carbocycles. The van der Waals surface area contributed by atoms with E-state index in [4.69, 9.17) is 9.47 Å². The molecule has 2 aliphatic rings. The van der Waals surface area contributed by atoms with E-state index in [-0.39, 0.29) is 18.5 Å². The molecule has 0 spiro atoms. The molecule has 1 fully saturated rings. The molecule has 0 N–H and O–H groups in total. The molecule has 174 valence electrons. The third-order valence-electron chi connectivity index (χ3n) is 6.51. The maximum atomic E-state index is 14.4. The SMILES string of the molecule is O=C(c1cc2ccsc2n1Cc1ccccc1F)N1CCN(Cc2ccc3c(c2)OCO3)CC1. The monoisotopic (exact) mass is 477 g/mol. The van der Waals surface area contributed by atoms with Crippen molar-refractivity contribution in [1.29, 1.82) is 0 Å². The summed E-state index contributed by atoms with van der Waals surface area (Å²) >= 11 is 1.58. The molecule has 2 aromatic heterocycles. The van der Waals surface area contributed by atoms with E-state index < -0.39 is 0 Å². The van der Waals surface area contributed by atoms with Gasteiger partial charge in [0.2, 0.25) is 6.79 Å². The van der Waals surface area contributed by atoms with Crippen molar-refractivity contribution in [2.45, 2.75) is 13.1 Å². The van der Waals surface area contributed by atoms with Crippen molar-refractivity contribution in [2.75, 3.05) is 33.0 Å². The lowest BCUT2D eigenvalue weighted by Crippen LogP contribution is -2.48. The summed E-state index contributed by atoms with van der Waals surface area (Å²) in [5.74, 6) is 1.33. The second-order valence-electron chi connectivity index (χ2n) is 8.64. The topological polar surface area (TPSA) is 46.9 Å². The molecular weight excluding hydrogens is 453 g/mol. The molecule has 34 heavy (non-hydrogen) atoms. The number of hydrogen-bond acceptors (Lipinski definition) is 5. The number of rotatable bonds is 5. The summed E-state index contributed by atoms with van der Waals surface area (Å²) in [6, 6.07) is 16.7. The number of fused-ring (bicyclic) bond motifs is 2. The molecule has 0 aliphatic carbocycles. The number of halogens is 1. The van der Waals surface area contributed by atoms with Crippen molar-refractivity contribution < 1.29 is 18.7 Å². The van der Waals surface area contributed by atoms with E-state index in [9.17, 15) is 9.18 Å². The quantitative estimate of drug-likeness (QED) is 0.422. The van der Waals surface area contributed by atoms with E-state index in [1.807, 2.05) is 45.2 Å². The Morgan fingerprint density at radius 3 is 2.62 bits per heavy atom. The second-order valence-corrected chi connectivity index (χ2v) is 9.54. The number of hydrogen-bond donors (Lipinski definition) is 0. The Balaban J connectivity index is 1.16. The molecule has 6 rings (SSSR count). The summed E-state index contributed by atoms with van der Waals surface area (Å²) in [6.45, 7) is 4.31. The molecule has 8 heteroatoms. The van der Waals surface area contributed by atoms with Crippen molar-refractivity contribution in [3.05, 3.63) is 82.6 Å². The fraction of sp³-hybridized carbons (Fsp3) is 0.269. The van der Waals surface area contributed by atoms with Gasteiger partial charge in [0.15, 0.2) is 11.5 Å². The first-order valence-electron chi connectivity index (χ1n) is 11.4. The van der Waals surface area contributed by atoms with Crippen LogP contribution in [0.1, 0.15) is 21.6 Å². The van der Waals surface area contributed by atoms with Gasteiger partial charge in [-0.15, -0.1) is 11.3 Å². The van der Waals surface area contributed by atoms with Gasteiger partial charge in [0.25, 0.3) is 5.91 Å². The van der Waals surface area contributed by atoms with Crippen LogP contribution in [0, 0.1) is 5.82 Å². The number of carbonyl (C=O) groups is 1. The number of amides is 1. The Labute approximate surface area is 200 Å². The van der Waals surface area contributed by atoms with Crippen LogP contribution < -0.4 is 9.47 Å². The number of nitrogens with zero attached hydrogens (tertiary/aromatic N) is 3. The van der Waals surface area contributed by atoms with Crippen LogP contribution in [0.4, 0.5) is 4.39 Å². The van der Waals surface area contributed by atoms with Crippen LogP contribution in [0.25, 0.3) is 10.2 Å². The van der Waals surface area contributed by atoms with Gasteiger partial charge in [0.05, 0.1) is 6.54 Å². The van der Waals surface area contributed by atoms with Crippen LogP contribution in [0.3, 0.4) is 0 Å². The normalized spacial score (nSPS) is 15.9. The Morgan fingerprint density at radius 1 is 0.941 bits per heavy atom. The van der Waals surface area contributed by atoms with E-state index in [1.54, 1.807) is 23.5 Å². The number of aromatic nitrogens is 1. The summed E-state index contributed by atoms with van der Waals surface area (Å²) in [5.41, 5.74) is 2.37. The van der Waals surface area contributed by atoms with Gasteiger partial charge in [-0.25, -0.2) is 4.39 Å². The first kappa shape index (κ1) is 21.2. The molecule has 0 bridgehead atoms. The summed E-state index contributed by atoms with van der Waals surface area (Å²) in [4.78, 5) is 18.8. The first-order chi connectivity index (χ1) is 16.7. The van der Waals surface area contributed by atoms with Crippen LogP contribution in [0.5, 0.6) is 11.5 Å². The lowest BCUT2D eigenvalue weighted by atomic mass is 10.1. The van der Waals surface area contributed by atoms with E-state index in [1.165, 1.54) is 11.6 Å². The minimum absolute atomic E-state index is 0.00229. The highest BCUT2D eigenvalue weighted by molar-refractivity contribution is 7.16. The molecule has 4 aromatic rings. The predicted octanol–water partition coefficient (Wildman–Crippen LogP) is 4.58. The first-order valence-corrected chi connectivity index (χ1v) is 12.2. The summed E-state index contributed by atoms with van der Waals surface area (Å²) in [6.07, 6.45) is 0. The standard InChI is InChI=1S/C26H24FN3O3S/c27-21-4-2-1-3-20(21)16-30-22(14-19-7-12-34-26(19)30)25(31)29-10-8-28(9-11-29)15-18-5-6-23-24(13-18)33-17-32-23/h1-7,12-14H,8-11,15-17H2. The van der Waals surface area contributed by atoms with Crippen molar-refractivity contribution in [3.63, 3.8) is 0 Å². The van der Waals surface area contributed by atoms with Crippen LogP contribution in [-0.2, 0) is 13.1 Å². The van der Waals surface area contributed by atoms with Crippen molar-refractivity contribution >= 4 is 27.5 Å². The van der Waals surface area contributed by atoms with Gasteiger partial charge in [0.1, 0.15) is 16.3 Å². The molecule has 1 saturated heterocycles. The molecular formula is C26H24FN3O3S. The Hall–Kier alpha value is -3.36. The molecule has 0 unspecified atom stereocenters. The van der Waals surface area contributed by atoms with Gasteiger partial charge in [-0.3, -0.25) is 9.69 Å². The fourth-order valence-electron chi connectivity index (χ4n) is 4.67. The van der Waals surface area contributed by atoms with Crippen molar-refractivity contribution in [1.82, 2.24) is 14.4 Å². The molecule has 0 saturated carbocycles. The largest absolute Gasteiger partial charge is 0.454 e. The molecule has 6 nitrogen and oxygen atoms in total. The number of carbonyl (C=O) groups excluding carboxylic acids is 1. The Kier molecular flexibility index (Phi) is 5.47. The van der Waals surface area contributed by atoms with Crippen LogP contribution >= 0.6 is 11.3 Å². The Bertz CT molecular complexity index is 1360. The van der Waals surface area contributed by atoms with Gasteiger partial charge in [-0.1, -0.05) is 24.3 Å². The number of ether oxygens (including phenoxy) is 2. The minimum atomic E-state index is -0.253. The van der Waals surface area contributed by atoms with Crippen molar-refractivity contribution in [2.24, 2.45) is 0 Å². The molecule has 0 atom stereocenters. The smallest absolute Gasteiger partial charge is 0.270 e. The Morgan fingerprint density at radius 2 is 1.76 bits per heavy atom. The molecule has 2 aliphatic heterocycles. The number of thiophene rings is 1. The van der Waals surface area contributed by atoms with E-state index in [2.05, 4.69) is 11.0 Å². The zero-order valence-electron chi connectivity index (χ0n) is 18.6. The highest BCUT2D eigenvalue weighted by atomic mass is 32.1. The number of benzene rings is 2. The fourth-order valence-corrected chi connectivity index (χ4v) is 5.57. The lowest BCUT2D eigenvalue weighted by Gasteiger charge is -2.35. The van der Waals surface area contributed by atoms with Gasteiger partial charge < -0.3 is 18.9 Å². The van der Waals surface area contributed by atoms with Crippen LogP contribution in [-0.4, -0.2) is 53.2 Å². The molecule has 4 heterocycles. The van der Waals surface area contributed by atoms with Gasteiger partial charge in [0, 0.05) is 43.7 Å². The maximum Gasteiger partial charge on any atom is 0.270 e. The zero-order valence-corrected chi connectivity index (χ0v) is 19.4. The van der Waals surface area contributed by atoms with Gasteiger partial charge in [-0.05, 0) is 41.3 Å². The van der Waals surface area contributed by atoms with E-state index in [0.717, 1.165) is 41.3 Å². The van der Waals surface area contributed by atoms with Crippen LogP contribution in [0.15, 0.2) is 60.0 Å². The van der Waals surface area contributed by atoms with Crippen molar-refractivity contribution in [3.8, 4) is 11.5 Å². The predicted molar refractivity (Wildman–Crippen MR) is 129 cm³/mol. The summed E-state index contributed by atoms with van der Waals surface area (Å²) in [5, 5.41) is 3.03. The van der Waals surface area contributed by atoms with E-state index in [0.29, 0.717) is 30.9 Å². The average molecular weight is 478 g/mol. The lowest BCUT2D eigenvalue weighted by molar-refractivity contribution is 0.0619. The minimum Gasteiger partial charge on any atom is -0.454 e. The maximum absolute atomic E-state index is 14.4. The second kappa shape index (κ2) is 8.77. The molecule has 1 amide bonds. The molecule has 0 radical (unpaired) electrons.